The molecule has 0 aromatic carbocycles. The molecule has 1 unspecified atom stereocenters. The van der Waals surface area contributed by atoms with Gasteiger partial charge < -0.3 is 10.6 Å². The molecule has 6 nitrogen and oxygen atoms in total. The van der Waals surface area contributed by atoms with Crippen LogP contribution >= 0.6 is 0 Å². The summed E-state index contributed by atoms with van der Waals surface area (Å²) in [6, 6.07) is 3.40. The number of carbonyl (C=O) groups excluding carboxylic acids is 1. The molecule has 0 aliphatic carbocycles. The molecule has 1 atom stereocenters. The first kappa shape index (κ1) is 14.8. The largest absolute Gasteiger partial charge is 0.370 e. The van der Waals surface area contributed by atoms with E-state index < -0.39 is 9.84 Å². The van der Waals surface area contributed by atoms with E-state index in [1.54, 1.807) is 18.3 Å². The van der Waals surface area contributed by atoms with Gasteiger partial charge in [-0.15, -0.1) is 0 Å². The third kappa shape index (κ3) is 3.69. The number of sulfone groups is 1. The van der Waals surface area contributed by atoms with Crippen LogP contribution in [-0.2, 0) is 9.84 Å². The van der Waals surface area contributed by atoms with E-state index in [1.807, 2.05) is 6.92 Å². The molecule has 0 spiro atoms. The van der Waals surface area contributed by atoms with Crippen LogP contribution in [0.25, 0.3) is 0 Å². The molecule has 20 heavy (non-hydrogen) atoms. The van der Waals surface area contributed by atoms with Crippen LogP contribution in [0.1, 0.15) is 23.7 Å². The van der Waals surface area contributed by atoms with Gasteiger partial charge in [0.15, 0.2) is 9.84 Å². The summed E-state index contributed by atoms with van der Waals surface area (Å²) in [6.45, 7) is 3.00. The molecule has 1 fully saturated rings. The highest BCUT2D eigenvalue weighted by molar-refractivity contribution is 7.91. The van der Waals surface area contributed by atoms with Crippen molar-refractivity contribution in [1.82, 2.24) is 10.3 Å². The first-order valence-electron chi connectivity index (χ1n) is 6.69. The summed E-state index contributed by atoms with van der Waals surface area (Å²) in [7, 11) is -2.90. The topological polar surface area (TPSA) is 88.2 Å². The third-order valence-corrected chi connectivity index (χ3v) is 5.11. The molecule has 2 heterocycles. The van der Waals surface area contributed by atoms with Gasteiger partial charge >= 0.3 is 0 Å². The molecule has 1 aliphatic heterocycles. The fourth-order valence-corrected chi connectivity index (χ4v) is 4.12. The van der Waals surface area contributed by atoms with Gasteiger partial charge in [0.1, 0.15) is 5.82 Å². The van der Waals surface area contributed by atoms with Gasteiger partial charge in [0.2, 0.25) is 0 Å². The first-order chi connectivity index (χ1) is 9.52. The highest BCUT2D eigenvalue weighted by Crippen LogP contribution is 2.18. The number of nitrogens with one attached hydrogen (secondary N) is 2. The average molecular weight is 297 g/mol. The predicted molar refractivity (Wildman–Crippen MR) is 77.5 cm³/mol. The van der Waals surface area contributed by atoms with Crippen LogP contribution in [0.4, 0.5) is 5.82 Å². The Balaban J connectivity index is 1.95. The van der Waals surface area contributed by atoms with Gasteiger partial charge in [-0.3, -0.25) is 4.79 Å². The first-order valence-corrected chi connectivity index (χ1v) is 8.51. The molecule has 1 aliphatic rings. The standard InChI is InChI=1S/C13H19N3O3S/c1-2-14-12-11(4-3-6-15-12)13(17)16-8-10-5-7-20(18,19)9-10/h3-4,6,10H,2,5,7-9H2,1H3,(H,14,15)(H,16,17). The Morgan fingerprint density at radius 1 is 1.50 bits per heavy atom. The zero-order valence-corrected chi connectivity index (χ0v) is 12.2. The summed E-state index contributed by atoms with van der Waals surface area (Å²) < 4.78 is 22.7. The fraction of sp³-hybridized carbons (Fsp3) is 0.538. The number of hydrogen-bond acceptors (Lipinski definition) is 5. The summed E-state index contributed by atoms with van der Waals surface area (Å²) in [5.74, 6) is 0.733. The van der Waals surface area contributed by atoms with Crippen molar-refractivity contribution < 1.29 is 13.2 Å². The van der Waals surface area contributed by atoms with Crippen LogP contribution in [0.3, 0.4) is 0 Å². The van der Waals surface area contributed by atoms with Crippen molar-refractivity contribution in [3.8, 4) is 0 Å². The van der Waals surface area contributed by atoms with E-state index in [0.29, 0.717) is 30.9 Å². The number of hydrogen-bond donors (Lipinski definition) is 2. The summed E-state index contributed by atoms with van der Waals surface area (Å²) >= 11 is 0. The number of pyridine rings is 1. The quantitative estimate of drug-likeness (QED) is 0.834. The van der Waals surface area contributed by atoms with Crippen molar-refractivity contribution in [3.63, 3.8) is 0 Å². The lowest BCUT2D eigenvalue weighted by Crippen LogP contribution is -2.30. The lowest BCUT2D eigenvalue weighted by molar-refractivity contribution is 0.0949. The SMILES string of the molecule is CCNc1ncccc1C(=O)NCC1CCS(=O)(=O)C1. The second-order valence-electron chi connectivity index (χ2n) is 4.91. The monoisotopic (exact) mass is 297 g/mol. The summed E-state index contributed by atoms with van der Waals surface area (Å²) in [5.41, 5.74) is 0.482. The van der Waals surface area contributed by atoms with Crippen molar-refractivity contribution in [2.45, 2.75) is 13.3 Å². The maximum Gasteiger partial charge on any atom is 0.255 e. The molecule has 0 saturated carbocycles. The van der Waals surface area contributed by atoms with Crippen molar-refractivity contribution in [2.75, 3.05) is 29.9 Å². The van der Waals surface area contributed by atoms with Crippen LogP contribution in [-0.4, -0.2) is 43.9 Å². The molecule has 1 aromatic heterocycles. The molecule has 2 N–H and O–H groups in total. The van der Waals surface area contributed by atoms with Crippen molar-refractivity contribution >= 4 is 21.6 Å². The normalized spacial score (nSPS) is 20.6. The molecular formula is C13H19N3O3S. The van der Waals surface area contributed by atoms with Gasteiger partial charge in [-0.1, -0.05) is 0 Å². The molecule has 110 valence electrons. The third-order valence-electron chi connectivity index (χ3n) is 3.27. The maximum atomic E-state index is 12.1. The van der Waals surface area contributed by atoms with Crippen LogP contribution in [0.5, 0.6) is 0 Å². The molecule has 1 saturated heterocycles. The second-order valence-corrected chi connectivity index (χ2v) is 7.14. The zero-order chi connectivity index (χ0) is 14.6. The lowest BCUT2D eigenvalue weighted by atomic mass is 10.1. The number of anilines is 1. The van der Waals surface area contributed by atoms with Crippen molar-refractivity contribution in [3.05, 3.63) is 23.9 Å². The van der Waals surface area contributed by atoms with E-state index in [9.17, 15) is 13.2 Å². The number of rotatable bonds is 5. The Morgan fingerprint density at radius 2 is 2.30 bits per heavy atom. The second kappa shape index (κ2) is 6.21. The Hall–Kier alpha value is -1.63. The minimum atomic E-state index is -2.90. The Bertz CT molecular complexity index is 586. The highest BCUT2D eigenvalue weighted by atomic mass is 32.2. The number of carbonyl (C=O) groups is 1. The minimum absolute atomic E-state index is 0.0169. The van der Waals surface area contributed by atoms with E-state index in [4.69, 9.17) is 0 Å². The van der Waals surface area contributed by atoms with Gasteiger partial charge in [-0.2, -0.15) is 0 Å². The molecule has 2 rings (SSSR count). The van der Waals surface area contributed by atoms with E-state index in [0.717, 1.165) is 0 Å². The van der Waals surface area contributed by atoms with Crippen LogP contribution in [0.2, 0.25) is 0 Å². The van der Waals surface area contributed by atoms with E-state index >= 15 is 0 Å². The molecule has 0 radical (unpaired) electrons. The summed E-state index contributed by atoms with van der Waals surface area (Å²) in [6.07, 6.45) is 2.24. The zero-order valence-electron chi connectivity index (χ0n) is 11.4. The predicted octanol–water partition coefficient (Wildman–Crippen LogP) is 0.678. The van der Waals surface area contributed by atoms with Crippen molar-refractivity contribution in [2.24, 2.45) is 5.92 Å². The van der Waals surface area contributed by atoms with Crippen molar-refractivity contribution in [1.29, 1.82) is 0 Å². The van der Waals surface area contributed by atoms with Crippen LogP contribution in [0, 0.1) is 5.92 Å². The van der Waals surface area contributed by atoms with Gasteiger partial charge in [-0.25, -0.2) is 13.4 Å². The smallest absolute Gasteiger partial charge is 0.255 e. The molecule has 1 amide bonds. The van der Waals surface area contributed by atoms with E-state index in [-0.39, 0.29) is 23.3 Å². The van der Waals surface area contributed by atoms with Crippen LogP contribution in [0.15, 0.2) is 18.3 Å². The van der Waals surface area contributed by atoms with Crippen LogP contribution < -0.4 is 10.6 Å². The van der Waals surface area contributed by atoms with Gasteiger partial charge in [0.25, 0.3) is 5.91 Å². The Morgan fingerprint density at radius 3 is 2.95 bits per heavy atom. The van der Waals surface area contributed by atoms with Gasteiger partial charge in [-0.05, 0) is 31.4 Å². The Kier molecular flexibility index (Phi) is 4.59. The molecule has 0 bridgehead atoms. The fourth-order valence-electron chi connectivity index (χ4n) is 2.26. The highest BCUT2D eigenvalue weighted by Gasteiger charge is 2.28. The molecule has 1 aromatic rings. The lowest BCUT2D eigenvalue weighted by Gasteiger charge is -2.12. The summed E-state index contributed by atoms with van der Waals surface area (Å²) in [4.78, 5) is 16.2. The Labute approximate surface area is 118 Å². The number of aromatic nitrogens is 1. The minimum Gasteiger partial charge on any atom is -0.370 e. The van der Waals surface area contributed by atoms with E-state index in [2.05, 4.69) is 15.6 Å². The number of nitrogens with zero attached hydrogens (tertiary/aromatic N) is 1. The molecule has 7 heteroatoms. The number of amides is 1. The molecular weight excluding hydrogens is 278 g/mol. The average Bonchev–Trinajstić information content (AvgIpc) is 2.77. The van der Waals surface area contributed by atoms with E-state index in [1.165, 1.54) is 0 Å². The van der Waals surface area contributed by atoms with Gasteiger partial charge in [0.05, 0.1) is 17.1 Å². The van der Waals surface area contributed by atoms with Gasteiger partial charge in [0, 0.05) is 19.3 Å². The summed E-state index contributed by atoms with van der Waals surface area (Å²) in [5, 5.41) is 5.82. The maximum absolute atomic E-state index is 12.1.